The van der Waals surface area contributed by atoms with Gasteiger partial charge in [-0.05, 0) is 18.2 Å². The third-order valence-corrected chi connectivity index (χ3v) is 2.08. The highest BCUT2D eigenvalue weighted by Gasteiger charge is 1.99. The molecule has 78 valence electrons. The molecule has 0 saturated heterocycles. The summed E-state index contributed by atoms with van der Waals surface area (Å²) in [6, 6.07) is 6.48. The van der Waals surface area contributed by atoms with E-state index >= 15 is 0 Å². The van der Waals surface area contributed by atoms with E-state index in [4.69, 9.17) is 4.42 Å². The summed E-state index contributed by atoms with van der Waals surface area (Å²) in [4.78, 5) is 21.6. The molecule has 3 heteroatoms. The first-order chi connectivity index (χ1) is 7.81. The molecular weight excluding hydrogens is 204 g/mol. The van der Waals surface area contributed by atoms with Gasteiger partial charge in [0.05, 0.1) is 18.1 Å². The van der Waals surface area contributed by atoms with Crippen molar-refractivity contribution in [3.63, 3.8) is 0 Å². The molecule has 1 aromatic carbocycles. The summed E-state index contributed by atoms with van der Waals surface area (Å²) < 4.78 is 5.17. The number of benzene rings is 1. The van der Waals surface area contributed by atoms with Crippen LogP contribution in [0.1, 0.15) is 12.0 Å². The van der Waals surface area contributed by atoms with E-state index in [0.717, 1.165) is 6.29 Å². The van der Waals surface area contributed by atoms with Crippen LogP contribution >= 0.6 is 0 Å². The maximum absolute atomic E-state index is 11.5. The van der Waals surface area contributed by atoms with E-state index in [1.54, 1.807) is 18.2 Å². The van der Waals surface area contributed by atoms with Gasteiger partial charge in [0.1, 0.15) is 11.9 Å². The van der Waals surface area contributed by atoms with Crippen molar-refractivity contribution in [2.75, 3.05) is 0 Å². The monoisotopic (exact) mass is 212 g/mol. The van der Waals surface area contributed by atoms with Crippen LogP contribution < -0.4 is 5.43 Å². The van der Waals surface area contributed by atoms with Crippen LogP contribution in [0.2, 0.25) is 0 Å². The van der Waals surface area contributed by atoms with E-state index in [0.29, 0.717) is 16.5 Å². The van der Waals surface area contributed by atoms with Gasteiger partial charge in [0.25, 0.3) is 0 Å². The van der Waals surface area contributed by atoms with E-state index in [9.17, 15) is 9.59 Å². The molecule has 0 N–H and O–H groups in total. The number of fused-ring (bicyclic) bond motifs is 1. The van der Waals surface area contributed by atoms with E-state index in [-0.39, 0.29) is 11.8 Å². The molecule has 0 aliphatic rings. The Morgan fingerprint density at radius 1 is 1.31 bits per heavy atom. The second kappa shape index (κ2) is 4.45. The SMILES string of the molecule is O=CCC#Cc1ccc2occc(=O)c2c1. The van der Waals surface area contributed by atoms with Gasteiger partial charge in [0.2, 0.25) is 0 Å². The fourth-order valence-corrected chi connectivity index (χ4v) is 1.36. The maximum atomic E-state index is 11.5. The fourth-order valence-electron chi connectivity index (χ4n) is 1.36. The molecule has 0 amide bonds. The molecule has 3 nitrogen and oxygen atoms in total. The Bertz CT molecular complexity index is 641. The highest BCUT2D eigenvalue weighted by Crippen LogP contribution is 2.11. The van der Waals surface area contributed by atoms with Crippen LogP contribution in [0.3, 0.4) is 0 Å². The first-order valence-corrected chi connectivity index (χ1v) is 4.75. The molecule has 0 spiro atoms. The standard InChI is InChI=1S/C13H8O3/c14-7-2-1-3-10-4-5-13-11(9-10)12(15)6-8-16-13/h4-9H,2H2. The first-order valence-electron chi connectivity index (χ1n) is 4.75. The van der Waals surface area contributed by atoms with Gasteiger partial charge in [0.15, 0.2) is 5.43 Å². The molecule has 0 fully saturated rings. The van der Waals surface area contributed by atoms with E-state index in [1.807, 2.05) is 0 Å². The quantitative estimate of drug-likeness (QED) is 0.534. The van der Waals surface area contributed by atoms with E-state index in [2.05, 4.69) is 11.8 Å². The first kappa shape index (κ1) is 10.2. The van der Waals surface area contributed by atoms with E-state index in [1.165, 1.54) is 12.3 Å². The van der Waals surface area contributed by atoms with Gasteiger partial charge in [-0.15, -0.1) is 0 Å². The van der Waals surface area contributed by atoms with Crippen LogP contribution in [0.4, 0.5) is 0 Å². The molecule has 0 unspecified atom stereocenters. The Hall–Kier alpha value is -2.34. The Morgan fingerprint density at radius 3 is 3.00 bits per heavy atom. The van der Waals surface area contributed by atoms with Crippen LogP contribution in [0.25, 0.3) is 11.0 Å². The molecule has 0 atom stereocenters. The second-order valence-corrected chi connectivity index (χ2v) is 3.17. The van der Waals surface area contributed by atoms with Gasteiger partial charge in [0, 0.05) is 11.6 Å². The highest BCUT2D eigenvalue weighted by molar-refractivity contribution is 5.77. The van der Waals surface area contributed by atoms with Gasteiger partial charge >= 0.3 is 0 Å². The van der Waals surface area contributed by atoms with Crippen molar-refractivity contribution in [2.24, 2.45) is 0 Å². The van der Waals surface area contributed by atoms with Crippen LogP contribution in [0.5, 0.6) is 0 Å². The van der Waals surface area contributed by atoms with Crippen molar-refractivity contribution in [2.45, 2.75) is 6.42 Å². The molecule has 2 aromatic rings. The molecular formula is C13H8O3. The Balaban J connectivity index is 2.52. The fraction of sp³-hybridized carbons (Fsp3) is 0.0769. The topological polar surface area (TPSA) is 47.3 Å². The predicted octanol–water partition coefficient (Wildman–Crippen LogP) is 1.73. The van der Waals surface area contributed by atoms with Crippen molar-refractivity contribution in [1.82, 2.24) is 0 Å². The zero-order valence-electron chi connectivity index (χ0n) is 8.40. The Kier molecular flexibility index (Phi) is 2.84. The van der Waals surface area contributed by atoms with Gasteiger partial charge in [-0.3, -0.25) is 4.79 Å². The zero-order valence-corrected chi connectivity index (χ0v) is 8.40. The van der Waals surface area contributed by atoms with Crippen molar-refractivity contribution in [3.8, 4) is 11.8 Å². The van der Waals surface area contributed by atoms with Gasteiger partial charge in [-0.1, -0.05) is 11.8 Å². The van der Waals surface area contributed by atoms with Crippen LogP contribution in [-0.2, 0) is 4.79 Å². The van der Waals surface area contributed by atoms with Crippen LogP contribution in [0.15, 0.2) is 39.7 Å². The van der Waals surface area contributed by atoms with Crippen molar-refractivity contribution < 1.29 is 9.21 Å². The minimum Gasteiger partial charge on any atom is -0.464 e. The van der Waals surface area contributed by atoms with Gasteiger partial charge < -0.3 is 9.21 Å². The summed E-state index contributed by atoms with van der Waals surface area (Å²) in [7, 11) is 0. The zero-order chi connectivity index (χ0) is 11.4. The lowest BCUT2D eigenvalue weighted by Gasteiger charge is -1.95. The lowest BCUT2D eigenvalue weighted by molar-refractivity contribution is -0.107. The van der Waals surface area contributed by atoms with Gasteiger partial charge in [-0.25, -0.2) is 0 Å². The third-order valence-electron chi connectivity index (χ3n) is 2.08. The Morgan fingerprint density at radius 2 is 2.19 bits per heavy atom. The molecule has 0 saturated carbocycles. The van der Waals surface area contributed by atoms with E-state index < -0.39 is 0 Å². The van der Waals surface area contributed by atoms with Crippen LogP contribution in [0, 0.1) is 11.8 Å². The number of hydrogen-bond acceptors (Lipinski definition) is 3. The summed E-state index contributed by atoms with van der Waals surface area (Å²) in [5, 5.41) is 0.500. The molecule has 0 aliphatic carbocycles. The van der Waals surface area contributed by atoms with Crippen LogP contribution in [-0.4, -0.2) is 6.29 Å². The van der Waals surface area contributed by atoms with Crippen molar-refractivity contribution >= 4 is 17.3 Å². The minimum absolute atomic E-state index is 0.0970. The predicted molar refractivity (Wildman–Crippen MR) is 60.0 cm³/mol. The third kappa shape index (κ3) is 2.01. The summed E-state index contributed by atoms with van der Waals surface area (Å²) in [5.74, 6) is 5.49. The number of hydrogen-bond donors (Lipinski definition) is 0. The normalized spacial score (nSPS) is 9.50. The van der Waals surface area contributed by atoms with Crippen molar-refractivity contribution in [3.05, 3.63) is 46.3 Å². The molecule has 0 bridgehead atoms. The average molecular weight is 212 g/mol. The summed E-state index contributed by atoms with van der Waals surface area (Å²) in [5.41, 5.74) is 1.14. The minimum atomic E-state index is -0.0970. The summed E-state index contributed by atoms with van der Waals surface area (Å²) in [6.45, 7) is 0. The molecule has 0 radical (unpaired) electrons. The number of aldehydes is 1. The largest absolute Gasteiger partial charge is 0.464 e. The second-order valence-electron chi connectivity index (χ2n) is 3.17. The number of rotatable bonds is 1. The molecule has 1 heterocycles. The smallest absolute Gasteiger partial charge is 0.192 e. The summed E-state index contributed by atoms with van der Waals surface area (Å²) in [6.07, 6.45) is 2.30. The van der Waals surface area contributed by atoms with Crippen molar-refractivity contribution in [1.29, 1.82) is 0 Å². The molecule has 16 heavy (non-hydrogen) atoms. The lowest BCUT2D eigenvalue weighted by atomic mass is 10.1. The molecule has 1 aromatic heterocycles. The summed E-state index contributed by atoms with van der Waals surface area (Å²) >= 11 is 0. The number of carbonyl (C=O) groups excluding carboxylic acids is 1. The maximum Gasteiger partial charge on any atom is 0.192 e. The lowest BCUT2D eigenvalue weighted by Crippen LogP contribution is -1.97. The Labute approximate surface area is 91.7 Å². The van der Waals surface area contributed by atoms with Gasteiger partial charge in [-0.2, -0.15) is 0 Å². The number of carbonyl (C=O) groups is 1. The highest BCUT2D eigenvalue weighted by atomic mass is 16.3. The molecule has 0 aliphatic heterocycles. The molecule has 2 rings (SSSR count). The average Bonchev–Trinajstić information content (AvgIpc) is 2.30.